The molecule has 6 heteroatoms. The van der Waals surface area contributed by atoms with Crippen LogP contribution in [0.4, 0.5) is 0 Å². The molecule has 0 saturated heterocycles. The number of unbranched alkanes of at least 4 members (excludes halogenated alkanes) is 31. The van der Waals surface area contributed by atoms with Crippen LogP contribution in [0.2, 0.25) is 0 Å². The van der Waals surface area contributed by atoms with E-state index in [1.165, 1.54) is 167 Å². The first kappa shape index (κ1) is 72.3. The summed E-state index contributed by atoms with van der Waals surface area (Å²) in [5.41, 5.74) is 0. The van der Waals surface area contributed by atoms with E-state index in [4.69, 9.17) is 14.2 Å². The van der Waals surface area contributed by atoms with E-state index in [9.17, 15) is 14.4 Å². The summed E-state index contributed by atoms with van der Waals surface area (Å²) in [5, 5.41) is 0. The Labute approximate surface area is 470 Å². The molecule has 0 aliphatic heterocycles. The van der Waals surface area contributed by atoms with Crippen LogP contribution in [0.1, 0.15) is 310 Å². The number of hydrogen-bond acceptors (Lipinski definition) is 6. The van der Waals surface area contributed by atoms with Gasteiger partial charge in [-0.25, -0.2) is 0 Å². The number of carbonyl (C=O) groups is 3. The third-order valence-corrected chi connectivity index (χ3v) is 13.8. The van der Waals surface area contributed by atoms with Crippen LogP contribution < -0.4 is 0 Å². The van der Waals surface area contributed by atoms with Crippen molar-refractivity contribution in [3.05, 3.63) is 97.2 Å². The molecule has 0 heterocycles. The van der Waals surface area contributed by atoms with Crippen LogP contribution in [-0.4, -0.2) is 37.2 Å². The van der Waals surface area contributed by atoms with Gasteiger partial charge in [0.2, 0.25) is 0 Å². The van der Waals surface area contributed by atoms with Gasteiger partial charge in [-0.1, -0.05) is 266 Å². The smallest absolute Gasteiger partial charge is 0.306 e. The molecule has 0 aromatic heterocycles. The van der Waals surface area contributed by atoms with Crippen LogP contribution in [-0.2, 0) is 28.6 Å². The van der Waals surface area contributed by atoms with Gasteiger partial charge in [0.05, 0.1) is 0 Å². The van der Waals surface area contributed by atoms with E-state index in [1.54, 1.807) is 0 Å². The number of hydrogen-bond donors (Lipinski definition) is 0. The zero-order valence-corrected chi connectivity index (χ0v) is 50.0. The fraction of sp³-hybridized carbons (Fsp3) is 0.729. The van der Waals surface area contributed by atoms with Crippen molar-refractivity contribution in [1.82, 2.24) is 0 Å². The lowest BCUT2D eigenvalue weighted by Crippen LogP contribution is -2.30. The summed E-state index contributed by atoms with van der Waals surface area (Å²) in [6, 6.07) is 0. The van der Waals surface area contributed by atoms with E-state index in [0.29, 0.717) is 19.3 Å². The van der Waals surface area contributed by atoms with Crippen molar-refractivity contribution < 1.29 is 28.6 Å². The average Bonchev–Trinajstić information content (AvgIpc) is 3.42. The molecule has 0 aliphatic rings. The quantitative estimate of drug-likeness (QED) is 0.0261. The van der Waals surface area contributed by atoms with Crippen molar-refractivity contribution in [2.24, 2.45) is 0 Å². The largest absolute Gasteiger partial charge is 0.462 e. The lowest BCUT2D eigenvalue weighted by atomic mass is 10.0. The van der Waals surface area contributed by atoms with Crippen molar-refractivity contribution in [2.75, 3.05) is 13.2 Å². The van der Waals surface area contributed by atoms with E-state index in [2.05, 4.69) is 118 Å². The van der Waals surface area contributed by atoms with Gasteiger partial charge < -0.3 is 14.2 Å². The molecule has 0 amide bonds. The number of esters is 3. The van der Waals surface area contributed by atoms with Crippen molar-refractivity contribution in [2.45, 2.75) is 316 Å². The van der Waals surface area contributed by atoms with Gasteiger partial charge in [-0.05, 0) is 122 Å². The molecule has 6 nitrogen and oxygen atoms in total. The SMILES string of the molecule is CC/C=C\C/C=C\C/C=C\C/C=C\CCCCC(=O)OCC(COC(=O)CCCCCCCCCCCCCCC/C=C\C/C=C\CCCCCCC)OC(=O)CCCCCCCCC/C=C\C/C=C\CCCCCC. The fourth-order valence-electron chi connectivity index (χ4n) is 8.97. The Balaban J connectivity index is 4.37. The van der Waals surface area contributed by atoms with Gasteiger partial charge in [-0.2, -0.15) is 0 Å². The molecule has 0 aliphatic carbocycles. The Morgan fingerprint density at radius 2 is 0.513 bits per heavy atom. The zero-order valence-electron chi connectivity index (χ0n) is 50.0. The Kier molecular flexibility index (Phi) is 60.8. The molecule has 0 fully saturated rings. The maximum atomic E-state index is 12.9. The van der Waals surface area contributed by atoms with Crippen LogP contribution >= 0.6 is 0 Å². The van der Waals surface area contributed by atoms with Crippen LogP contribution in [0.5, 0.6) is 0 Å². The number of ether oxygens (including phenoxy) is 3. The van der Waals surface area contributed by atoms with Gasteiger partial charge in [-0.3, -0.25) is 14.4 Å². The second-order valence-corrected chi connectivity index (χ2v) is 21.3. The minimum Gasteiger partial charge on any atom is -0.462 e. The van der Waals surface area contributed by atoms with E-state index >= 15 is 0 Å². The summed E-state index contributed by atoms with van der Waals surface area (Å²) in [5.74, 6) is -0.937. The maximum Gasteiger partial charge on any atom is 0.306 e. The Morgan fingerprint density at radius 1 is 0.276 bits per heavy atom. The molecular formula is C70H120O6. The van der Waals surface area contributed by atoms with E-state index < -0.39 is 6.10 Å². The maximum absolute atomic E-state index is 12.9. The highest BCUT2D eigenvalue weighted by Crippen LogP contribution is 2.16. The van der Waals surface area contributed by atoms with Crippen molar-refractivity contribution >= 4 is 17.9 Å². The summed E-state index contributed by atoms with van der Waals surface area (Å²) in [6.07, 6.45) is 85.6. The lowest BCUT2D eigenvalue weighted by Gasteiger charge is -2.18. The van der Waals surface area contributed by atoms with Crippen LogP contribution in [0.3, 0.4) is 0 Å². The van der Waals surface area contributed by atoms with Crippen LogP contribution in [0, 0.1) is 0 Å². The van der Waals surface area contributed by atoms with Gasteiger partial charge in [0.15, 0.2) is 6.10 Å². The fourth-order valence-corrected chi connectivity index (χ4v) is 8.97. The molecule has 76 heavy (non-hydrogen) atoms. The molecule has 0 aromatic rings. The van der Waals surface area contributed by atoms with Crippen LogP contribution in [0.25, 0.3) is 0 Å². The van der Waals surface area contributed by atoms with Gasteiger partial charge >= 0.3 is 17.9 Å². The first-order valence-corrected chi connectivity index (χ1v) is 32.2. The second kappa shape index (κ2) is 63.9. The summed E-state index contributed by atoms with van der Waals surface area (Å²) < 4.78 is 16.9. The van der Waals surface area contributed by atoms with Gasteiger partial charge in [0.1, 0.15) is 13.2 Å². The van der Waals surface area contributed by atoms with E-state index in [-0.39, 0.29) is 31.1 Å². The van der Waals surface area contributed by atoms with Gasteiger partial charge in [0.25, 0.3) is 0 Å². The number of carbonyl (C=O) groups excluding carboxylic acids is 3. The zero-order chi connectivity index (χ0) is 55.0. The first-order valence-electron chi connectivity index (χ1n) is 32.2. The predicted octanol–water partition coefficient (Wildman–Crippen LogP) is 22.0. The molecule has 0 rings (SSSR count). The molecule has 0 N–H and O–H groups in total. The molecule has 436 valence electrons. The minimum atomic E-state index is -0.801. The summed E-state index contributed by atoms with van der Waals surface area (Å²) in [7, 11) is 0. The topological polar surface area (TPSA) is 78.9 Å². The summed E-state index contributed by atoms with van der Waals surface area (Å²) >= 11 is 0. The van der Waals surface area contributed by atoms with Crippen LogP contribution in [0.15, 0.2) is 97.2 Å². The molecule has 0 radical (unpaired) electrons. The third-order valence-electron chi connectivity index (χ3n) is 13.8. The second-order valence-electron chi connectivity index (χ2n) is 21.3. The summed E-state index contributed by atoms with van der Waals surface area (Å²) in [4.78, 5) is 38.3. The molecule has 0 saturated carbocycles. The van der Waals surface area contributed by atoms with Crippen molar-refractivity contribution in [3.8, 4) is 0 Å². The van der Waals surface area contributed by atoms with Crippen molar-refractivity contribution in [1.29, 1.82) is 0 Å². The highest BCUT2D eigenvalue weighted by molar-refractivity contribution is 5.71. The monoisotopic (exact) mass is 1060 g/mol. The minimum absolute atomic E-state index is 0.0938. The van der Waals surface area contributed by atoms with E-state index in [1.807, 2.05) is 0 Å². The van der Waals surface area contributed by atoms with E-state index in [0.717, 1.165) is 103 Å². The molecule has 1 atom stereocenters. The number of rotatable bonds is 58. The highest BCUT2D eigenvalue weighted by Gasteiger charge is 2.19. The first-order chi connectivity index (χ1) is 37.5. The van der Waals surface area contributed by atoms with Crippen molar-refractivity contribution in [3.63, 3.8) is 0 Å². The molecule has 0 aromatic carbocycles. The highest BCUT2D eigenvalue weighted by atomic mass is 16.6. The predicted molar refractivity (Wildman–Crippen MR) is 330 cm³/mol. The Hall–Kier alpha value is -3.67. The molecule has 0 spiro atoms. The number of allylic oxidation sites excluding steroid dienone is 16. The van der Waals surface area contributed by atoms with Gasteiger partial charge in [0, 0.05) is 19.3 Å². The molecule has 0 bridgehead atoms. The molecular weight excluding hydrogens is 937 g/mol. The Morgan fingerprint density at radius 3 is 0.842 bits per heavy atom. The third kappa shape index (κ3) is 61.2. The molecule has 1 unspecified atom stereocenters. The lowest BCUT2D eigenvalue weighted by molar-refractivity contribution is -0.167. The normalized spacial score (nSPS) is 12.7. The standard InChI is InChI=1S/C70H120O6/c1-4-7-10-13-16-19-22-25-28-30-32-33-34-35-36-37-38-40-42-45-48-51-54-57-60-63-69(72)75-66-67(65-74-68(71)62-59-56-53-50-47-44-41-27-24-21-18-15-12-9-6-3)76-70(73)64-61-58-55-52-49-46-43-39-31-29-26-23-20-17-14-11-8-5-2/h9,12,18,20-23,25,27,29-32,41,47,50,67H,4-8,10-11,13-17,19,24,26,28,33-40,42-46,48-49,51-66H2,1-3H3/b12-9-,21-18-,23-20-,25-22-,31-29-,32-30-,41-27-,50-47-. The van der Waals surface area contributed by atoms with Gasteiger partial charge in [-0.15, -0.1) is 0 Å². The summed E-state index contributed by atoms with van der Waals surface area (Å²) in [6.45, 7) is 6.48. The Bertz CT molecular complexity index is 1490. The average molecular weight is 1060 g/mol.